The molecule has 1 rings (SSSR count). The molecule has 0 aliphatic heterocycles. The molecule has 0 heterocycles. The van der Waals surface area contributed by atoms with Gasteiger partial charge >= 0.3 is 14.8 Å². The third-order valence-corrected chi connectivity index (χ3v) is 10.6. The van der Waals surface area contributed by atoms with Crippen LogP contribution in [0.3, 0.4) is 0 Å². The zero-order valence-corrected chi connectivity index (χ0v) is 20.2. The fourth-order valence-corrected chi connectivity index (χ4v) is 6.92. The lowest BCUT2D eigenvalue weighted by Gasteiger charge is -2.34. The van der Waals surface area contributed by atoms with E-state index >= 15 is 0 Å². The van der Waals surface area contributed by atoms with E-state index in [1.165, 1.54) is 18.7 Å². The maximum Gasteiger partial charge on any atom is 0.500 e. The summed E-state index contributed by atoms with van der Waals surface area (Å²) in [5.74, 6) is 0.464. The molecule has 0 aromatic rings. The smallest absolute Gasteiger partial charge is 0.460 e. The Bertz CT molecular complexity index is 589. The molecule has 0 aromatic carbocycles. The van der Waals surface area contributed by atoms with Crippen LogP contribution in [0.1, 0.15) is 39.0 Å². The van der Waals surface area contributed by atoms with Gasteiger partial charge in [0, 0.05) is 38.9 Å². The van der Waals surface area contributed by atoms with Gasteiger partial charge < -0.3 is 23.1 Å². The van der Waals surface area contributed by atoms with Crippen molar-refractivity contribution >= 4 is 36.7 Å². The highest BCUT2D eigenvalue weighted by Crippen LogP contribution is 2.32. The molecule has 0 aromatic heterocycles. The van der Waals surface area contributed by atoms with Crippen LogP contribution in [0, 0.1) is 5.92 Å². The molecule has 9 nitrogen and oxygen atoms in total. The van der Waals surface area contributed by atoms with E-state index in [0.717, 1.165) is 12.8 Å². The standard InChI is InChI=1S/C17H34O9S2Si/c1-13(28(20,21)22)12-27-9-7-17(19)26-16-6-5-14(11-15(16)18)8-10-29(23-2,24-3)25-4/h13-16,18H,5-12H2,1-4H3,(H,20,21,22). The quantitative estimate of drug-likeness (QED) is 0.176. The summed E-state index contributed by atoms with van der Waals surface area (Å²) < 4.78 is 52.5. The second kappa shape index (κ2) is 12.6. The molecular weight excluding hydrogens is 440 g/mol. The summed E-state index contributed by atoms with van der Waals surface area (Å²) in [6.45, 7) is 1.41. The van der Waals surface area contributed by atoms with Crippen LogP contribution >= 0.6 is 11.8 Å². The van der Waals surface area contributed by atoms with Crippen LogP contribution in [0.15, 0.2) is 0 Å². The van der Waals surface area contributed by atoms with Gasteiger partial charge in [-0.2, -0.15) is 20.2 Å². The minimum atomic E-state index is -4.05. The molecule has 0 spiro atoms. The fraction of sp³-hybridized carbons (Fsp3) is 0.941. The van der Waals surface area contributed by atoms with Gasteiger partial charge in [-0.15, -0.1) is 0 Å². The normalized spacial score (nSPS) is 24.3. The van der Waals surface area contributed by atoms with Crippen molar-refractivity contribution in [3.8, 4) is 0 Å². The van der Waals surface area contributed by atoms with Crippen molar-refractivity contribution in [1.29, 1.82) is 0 Å². The van der Waals surface area contributed by atoms with Crippen molar-refractivity contribution in [2.24, 2.45) is 5.92 Å². The summed E-state index contributed by atoms with van der Waals surface area (Å²) in [7, 11) is -1.95. The fourth-order valence-electron chi connectivity index (χ4n) is 3.26. The molecule has 1 saturated carbocycles. The first-order valence-corrected chi connectivity index (χ1v) is 14.2. The molecule has 0 bridgehead atoms. The lowest BCUT2D eigenvalue weighted by atomic mass is 9.84. The van der Waals surface area contributed by atoms with Crippen LogP contribution < -0.4 is 0 Å². The van der Waals surface area contributed by atoms with Crippen LogP contribution in [-0.4, -0.2) is 83.1 Å². The molecule has 4 atom stereocenters. The molecule has 12 heteroatoms. The average Bonchev–Trinajstić information content (AvgIpc) is 2.67. The van der Waals surface area contributed by atoms with Gasteiger partial charge in [0.05, 0.1) is 17.8 Å². The Labute approximate surface area is 178 Å². The lowest BCUT2D eigenvalue weighted by Crippen LogP contribution is -2.44. The van der Waals surface area contributed by atoms with Crippen molar-refractivity contribution in [2.45, 2.75) is 62.5 Å². The Morgan fingerprint density at radius 3 is 2.34 bits per heavy atom. The van der Waals surface area contributed by atoms with Crippen molar-refractivity contribution in [1.82, 2.24) is 0 Å². The second-order valence-electron chi connectivity index (χ2n) is 7.26. The van der Waals surface area contributed by atoms with E-state index in [4.69, 9.17) is 22.6 Å². The molecule has 1 aliphatic carbocycles. The van der Waals surface area contributed by atoms with Gasteiger partial charge in [0.1, 0.15) is 6.10 Å². The van der Waals surface area contributed by atoms with E-state index < -0.39 is 42.3 Å². The Morgan fingerprint density at radius 2 is 1.83 bits per heavy atom. The Kier molecular flexibility index (Phi) is 11.6. The van der Waals surface area contributed by atoms with Crippen molar-refractivity contribution < 1.29 is 40.9 Å². The zero-order valence-electron chi connectivity index (χ0n) is 17.5. The second-order valence-corrected chi connectivity index (χ2v) is 13.3. The maximum atomic E-state index is 12.0. The molecule has 29 heavy (non-hydrogen) atoms. The molecule has 172 valence electrons. The molecule has 2 N–H and O–H groups in total. The highest BCUT2D eigenvalue weighted by atomic mass is 32.2. The summed E-state index contributed by atoms with van der Waals surface area (Å²) in [4.78, 5) is 12.0. The van der Waals surface area contributed by atoms with E-state index in [-0.39, 0.29) is 18.1 Å². The first kappa shape index (κ1) is 26.8. The van der Waals surface area contributed by atoms with Gasteiger partial charge in [-0.3, -0.25) is 9.35 Å². The van der Waals surface area contributed by atoms with Gasteiger partial charge in [-0.05, 0) is 38.5 Å². The first-order valence-electron chi connectivity index (χ1n) is 9.64. The summed E-state index contributed by atoms with van der Waals surface area (Å²) in [5.41, 5.74) is 0. The van der Waals surface area contributed by atoms with Gasteiger partial charge in [0.2, 0.25) is 0 Å². The van der Waals surface area contributed by atoms with Crippen molar-refractivity contribution in [2.75, 3.05) is 32.8 Å². The van der Waals surface area contributed by atoms with Gasteiger partial charge in [-0.1, -0.05) is 0 Å². The van der Waals surface area contributed by atoms with Crippen LogP contribution in [0.25, 0.3) is 0 Å². The molecular formula is C17H34O9S2Si. The monoisotopic (exact) mass is 474 g/mol. The van der Waals surface area contributed by atoms with Crippen LogP contribution in [0.4, 0.5) is 0 Å². The number of aliphatic hydroxyl groups excluding tert-OH is 1. The van der Waals surface area contributed by atoms with E-state index in [2.05, 4.69) is 0 Å². The lowest BCUT2D eigenvalue weighted by molar-refractivity contribution is -0.158. The van der Waals surface area contributed by atoms with Gasteiger partial charge in [0.15, 0.2) is 0 Å². The summed E-state index contributed by atoms with van der Waals surface area (Å²) in [5, 5.41) is 9.49. The summed E-state index contributed by atoms with van der Waals surface area (Å²) in [6, 6.07) is 0.664. The van der Waals surface area contributed by atoms with E-state index in [9.17, 15) is 18.3 Å². The van der Waals surface area contributed by atoms with Gasteiger partial charge in [0.25, 0.3) is 10.1 Å². The number of hydrogen-bond donors (Lipinski definition) is 2. The predicted molar refractivity (Wildman–Crippen MR) is 112 cm³/mol. The largest absolute Gasteiger partial charge is 0.500 e. The number of thioether (sulfide) groups is 1. The maximum absolute atomic E-state index is 12.0. The Morgan fingerprint density at radius 1 is 1.21 bits per heavy atom. The average molecular weight is 475 g/mol. The Balaban J connectivity index is 2.32. The third kappa shape index (κ3) is 9.21. The number of carbonyl (C=O) groups is 1. The minimum Gasteiger partial charge on any atom is -0.460 e. The van der Waals surface area contributed by atoms with E-state index in [1.54, 1.807) is 21.3 Å². The zero-order chi connectivity index (χ0) is 22.1. The summed E-state index contributed by atoms with van der Waals surface area (Å²) in [6.07, 6.45) is 1.66. The number of hydrogen-bond acceptors (Lipinski definition) is 9. The SMILES string of the molecule is CO[Si](CCC1CCC(OC(=O)CCSCC(C)S(=O)(=O)O)C(O)C1)(OC)OC. The van der Waals surface area contributed by atoms with E-state index in [1.807, 2.05) is 0 Å². The van der Waals surface area contributed by atoms with Crippen LogP contribution in [0.5, 0.6) is 0 Å². The van der Waals surface area contributed by atoms with Crippen LogP contribution in [-0.2, 0) is 32.9 Å². The number of ether oxygens (including phenoxy) is 1. The predicted octanol–water partition coefficient (Wildman–Crippen LogP) is 1.73. The highest BCUT2D eigenvalue weighted by molar-refractivity contribution is 8.00. The third-order valence-electron chi connectivity index (χ3n) is 5.25. The molecule has 0 radical (unpaired) electrons. The van der Waals surface area contributed by atoms with Gasteiger partial charge in [-0.25, -0.2) is 0 Å². The Hall–Kier alpha value is -0.213. The summed E-state index contributed by atoms with van der Waals surface area (Å²) >= 11 is 1.26. The number of rotatable bonds is 13. The molecule has 0 saturated heterocycles. The minimum absolute atomic E-state index is 0.124. The number of carbonyl (C=O) groups excluding carboxylic acids is 1. The molecule has 1 fully saturated rings. The van der Waals surface area contributed by atoms with Crippen molar-refractivity contribution in [3.63, 3.8) is 0 Å². The highest BCUT2D eigenvalue weighted by Gasteiger charge is 2.39. The topological polar surface area (TPSA) is 129 Å². The molecule has 4 unspecified atom stereocenters. The number of esters is 1. The molecule has 1 aliphatic rings. The van der Waals surface area contributed by atoms with E-state index in [0.29, 0.717) is 24.6 Å². The van der Waals surface area contributed by atoms with Crippen molar-refractivity contribution in [3.05, 3.63) is 0 Å². The number of aliphatic hydroxyl groups is 1. The van der Waals surface area contributed by atoms with Crippen LogP contribution in [0.2, 0.25) is 6.04 Å². The first-order chi connectivity index (χ1) is 13.6. The molecule has 0 amide bonds.